The maximum absolute atomic E-state index is 13.9. The molecule has 11 amide bonds. The molecule has 0 radical (unpaired) electrons. The lowest BCUT2D eigenvalue weighted by molar-refractivity contribution is -0.142. The fraction of sp³-hybridized carbons (Fsp3) is 0.800. The third-order valence-corrected chi connectivity index (χ3v) is 14.8. The molecule has 3 fully saturated rings. The first kappa shape index (κ1) is 62.1. The lowest BCUT2D eigenvalue weighted by Crippen LogP contribution is -2.59. The number of primary amides is 1. The molecule has 23 heteroatoms. The molecular formula is C50H88N12O10S. The van der Waals surface area contributed by atoms with Crippen molar-refractivity contribution in [3.63, 3.8) is 0 Å². The summed E-state index contributed by atoms with van der Waals surface area (Å²) in [5.41, 5.74) is 11.7. The summed E-state index contributed by atoms with van der Waals surface area (Å²) >= 11 is 1.84. The summed E-state index contributed by atoms with van der Waals surface area (Å²) in [5, 5.41) is 25.4. The van der Waals surface area contributed by atoms with Crippen molar-refractivity contribution in [3.05, 3.63) is 0 Å². The highest BCUT2D eigenvalue weighted by atomic mass is 32.2. The van der Waals surface area contributed by atoms with Gasteiger partial charge in [0.2, 0.25) is 53.2 Å². The molecule has 3 heterocycles. The first-order valence-electron chi connectivity index (χ1n) is 26.4. The third-order valence-electron chi connectivity index (χ3n) is 13.3. The number of carbonyl (C=O) groups excluding carboxylic acids is 10. The van der Waals surface area contributed by atoms with Crippen LogP contribution in [-0.2, 0) is 43.2 Å². The second-order valence-corrected chi connectivity index (χ2v) is 22.9. The predicted octanol–water partition coefficient (Wildman–Crippen LogP) is 0.545. The molecule has 13 N–H and O–H groups in total. The Morgan fingerprint density at radius 3 is 1.89 bits per heavy atom. The fourth-order valence-corrected chi connectivity index (χ4v) is 10.8. The fourth-order valence-electron chi connectivity index (χ4n) is 9.30. The van der Waals surface area contributed by atoms with Crippen LogP contribution in [0.3, 0.4) is 0 Å². The predicted molar refractivity (Wildman–Crippen MR) is 279 cm³/mol. The summed E-state index contributed by atoms with van der Waals surface area (Å²) in [6.07, 6.45) is 5.74. The van der Waals surface area contributed by atoms with Gasteiger partial charge in [0.1, 0.15) is 42.3 Å². The Bertz CT molecular complexity index is 1920. The molecule has 11 atom stereocenters. The van der Waals surface area contributed by atoms with Gasteiger partial charge >= 0.3 is 6.03 Å². The quantitative estimate of drug-likeness (QED) is 0.0335. The number of nitrogens with zero attached hydrogens (tertiary/aromatic N) is 1. The van der Waals surface area contributed by atoms with Gasteiger partial charge in [-0.1, -0.05) is 61.8 Å². The number of fused-ring (bicyclic) bond motifs is 1. The topological polar surface area (TPSA) is 334 Å². The summed E-state index contributed by atoms with van der Waals surface area (Å²) in [4.78, 5) is 133. The number of amides is 11. The molecule has 0 saturated carbocycles. The molecule has 0 aromatic heterocycles. The van der Waals surface area contributed by atoms with Crippen LogP contribution in [-0.4, -0.2) is 149 Å². The lowest BCUT2D eigenvalue weighted by atomic mass is 10.00. The summed E-state index contributed by atoms with van der Waals surface area (Å²) < 4.78 is 0. The molecular weight excluding hydrogens is 961 g/mol. The standard InChI is InChI=1S/C50H88N12O10S/c1-26(2)22-32(51)44(66)60-40(29(7)8)48(70)55-31(10)49(71)62-21-15-17-37(62)47(69)58-34(23-27(3)4)45(67)54-30(9)43(65)57-35(24-28(5)6)46(68)56-33(42(52)64)16-13-14-20-53-39(63)19-12-11-18-38-41-36(25-73-38)59-50(72)61-41/h26-38,40-41H,11-25,51H2,1-10H3,(H2,52,64)(H,53,63)(H,54,67)(H,55,70)(H,56,68)(H,57,65)(H,58,69)(H,60,66)(H2,59,61,72)/t30-,31-,32-,33-,34-,35-,36+,37-,38-,40-,41+/m0/s1. The van der Waals surface area contributed by atoms with Crippen molar-refractivity contribution >= 4 is 71.0 Å². The van der Waals surface area contributed by atoms with E-state index >= 15 is 0 Å². The number of nitrogens with two attached hydrogens (primary N) is 2. The summed E-state index contributed by atoms with van der Waals surface area (Å²) in [6.45, 7) is 18.4. The third kappa shape index (κ3) is 20.6. The molecule has 0 aromatic rings. The van der Waals surface area contributed by atoms with Crippen molar-refractivity contribution in [2.24, 2.45) is 35.1 Å². The van der Waals surface area contributed by atoms with Crippen molar-refractivity contribution in [1.82, 2.24) is 52.8 Å². The van der Waals surface area contributed by atoms with Crippen molar-refractivity contribution in [2.45, 2.75) is 212 Å². The molecule has 3 saturated heterocycles. The first-order valence-corrected chi connectivity index (χ1v) is 27.5. The van der Waals surface area contributed by atoms with Gasteiger partial charge in [0.25, 0.3) is 0 Å². The van der Waals surface area contributed by atoms with Gasteiger partial charge in [0.15, 0.2) is 0 Å². The van der Waals surface area contributed by atoms with Crippen LogP contribution in [0.15, 0.2) is 0 Å². The van der Waals surface area contributed by atoms with Crippen LogP contribution in [0.5, 0.6) is 0 Å². The minimum Gasteiger partial charge on any atom is -0.368 e. The van der Waals surface area contributed by atoms with E-state index in [1.165, 1.54) is 18.7 Å². The number of hydrogen-bond donors (Lipinski definition) is 11. The van der Waals surface area contributed by atoms with Gasteiger partial charge in [-0.15, -0.1) is 0 Å². The van der Waals surface area contributed by atoms with Gasteiger partial charge in [-0.3, -0.25) is 43.2 Å². The highest BCUT2D eigenvalue weighted by Crippen LogP contribution is 2.33. The number of unbranched alkanes of at least 4 members (excludes halogenated alkanes) is 2. The first-order chi connectivity index (χ1) is 34.3. The highest BCUT2D eigenvalue weighted by Gasteiger charge is 2.43. The number of urea groups is 1. The van der Waals surface area contributed by atoms with Gasteiger partial charge in [-0.2, -0.15) is 11.8 Å². The number of rotatable bonds is 31. The van der Waals surface area contributed by atoms with E-state index in [-0.39, 0.29) is 73.5 Å². The highest BCUT2D eigenvalue weighted by molar-refractivity contribution is 8.00. The van der Waals surface area contributed by atoms with Gasteiger partial charge < -0.3 is 64.2 Å². The molecule has 0 aromatic carbocycles. The normalized spacial score (nSPS) is 21.2. The van der Waals surface area contributed by atoms with Crippen LogP contribution >= 0.6 is 11.8 Å². The number of likely N-dealkylation sites (tertiary alicyclic amines) is 1. The minimum absolute atomic E-state index is 0.0618. The number of nitrogens with one attached hydrogen (secondary N) is 9. The van der Waals surface area contributed by atoms with Crippen LogP contribution in [0.1, 0.15) is 146 Å². The number of carbonyl (C=O) groups is 10. The maximum atomic E-state index is 13.9. The van der Waals surface area contributed by atoms with E-state index in [9.17, 15) is 47.9 Å². The second-order valence-electron chi connectivity index (χ2n) is 21.7. The smallest absolute Gasteiger partial charge is 0.315 e. The summed E-state index contributed by atoms with van der Waals surface area (Å²) in [7, 11) is 0. The molecule has 22 nitrogen and oxygen atoms in total. The van der Waals surface area contributed by atoms with E-state index in [4.69, 9.17) is 11.5 Å². The van der Waals surface area contributed by atoms with E-state index in [1.54, 1.807) is 13.8 Å². The Kier molecular flexibility index (Phi) is 25.7. The van der Waals surface area contributed by atoms with E-state index < -0.39 is 95.6 Å². The largest absolute Gasteiger partial charge is 0.368 e. The van der Waals surface area contributed by atoms with Gasteiger partial charge in [0, 0.05) is 30.5 Å². The Morgan fingerprint density at radius 1 is 0.671 bits per heavy atom. The minimum atomic E-state index is -1.16. The molecule has 0 bridgehead atoms. The Labute approximate surface area is 436 Å². The van der Waals surface area contributed by atoms with Crippen LogP contribution < -0.4 is 59.3 Å². The molecule has 0 unspecified atom stereocenters. The number of thioether (sulfide) groups is 1. The van der Waals surface area contributed by atoms with E-state index in [1.807, 2.05) is 53.3 Å². The monoisotopic (exact) mass is 1050 g/mol. The molecule has 3 aliphatic rings. The molecule has 73 heavy (non-hydrogen) atoms. The van der Waals surface area contributed by atoms with Crippen LogP contribution in [0.4, 0.5) is 4.79 Å². The average molecular weight is 1050 g/mol. The zero-order valence-electron chi connectivity index (χ0n) is 44.9. The molecule has 414 valence electrons. The number of hydrogen-bond acceptors (Lipinski definition) is 12. The van der Waals surface area contributed by atoms with Gasteiger partial charge in [-0.05, 0) is 102 Å². The summed E-state index contributed by atoms with van der Waals surface area (Å²) in [5.74, 6) is -4.31. The van der Waals surface area contributed by atoms with E-state index in [0.717, 1.165) is 25.0 Å². The summed E-state index contributed by atoms with van der Waals surface area (Å²) in [6, 6.07) is -7.94. The molecule has 0 aliphatic carbocycles. The maximum Gasteiger partial charge on any atom is 0.315 e. The van der Waals surface area contributed by atoms with E-state index in [0.29, 0.717) is 50.3 Å². The van der Waals surface area contributed by atoms with Gasteiger partial charge in [0.05, 0.1) is 18.1 Å². The zero-order valence-corrected chi connectivity index (χ0v) is 45.7. The zero-order chi connectivity index (χ0) is 54.7. The van der Waals surface area contributed by atoms with Crippen LogP contribution in [0.2, 0.25) is 0 Å². The van der Waals surface area contributed by atoms with Crippen molar-refractivity contribution in [3.8, 4) is 0 Å². The Morgan fingerprint density at radius 2 is 1.27 bits per heavy atom. The van der Waals surface area contributed by atoms with Crippen molar-refractivity contribution < 1.29 is 47.9 Å². The SMILES string of the molecule is CC(C)C[C@H](NC(=O)[C@H](C)NC(=O)[C@H](CC(C)C)NC(=O)[C@@H]1CCCN1C(=O)[C@H](C)NC(=O)[C@@H](NC(=O)[C@@H](N)CC(C)C)C(C)C)C(=O)N[C@@H](CCCCNC(=O)CCCC[C@@H]1SC[C@H]2NC(=O)N[C@@H]12)C(N)=O. The van der Waals surface area contributed by atoms with E-state index in [2.05, 4.69) is 47.9 Å². The molecule has 0 spiro atoms. The Hall–Kier alpha value is -5.19. The second kappa shape index (κ2) is 30.2. The van der Waals surface area contributed by atoms with Crippen LogP contribution in [0.25, 0.3) is 0 Å². The average Bonchev–Trinajstić information content (AvgIpc) is 4.04. The van der Waals surface area contributed by atoms with Crippen LogP contribution in [0, 0.1) is 23.7 Å². The Balaban J connectivity index is 1.50. The lowest BCUT2D eigenvalue weighted by Gasteiger charge is -2.30. The molecule has 3 aliphatic heterocycles. The molecule has 3 rings (SSSR count). The van der Waals surface area contributed by atoms with Crippen molar-refractivity contribution in [1.29, 1.82) is 0 Å². The van der Waals surface area contributed by atoms with Crippen molar-refractivity contribution in [2.75, 3.05) is 18.8 Å². The van der Waals surface area contributed by atoms with Gasteiger partial charge in [-0.25, -0.2) is 4.79 Å².